The highest BCUT2D eigenvalue weighted by Gasteiger charge is 1.91. The Kier molecular flexibility index (Phi) is 8.71. The molecule has 0 aliphatic heterocycles. The first kappa shape index (κ1) is 15.0. The second-order valence-electron chi connectivity index (χ2n) is 2.81. The highest BCUT2D eigenvalue weighted by Crippen LogP contribution is 2.17. The number of benzene rings is 2. The van der Waals surface area contributed by atoms with Crippen molar-refractivity contribution < 1.29 is 9.46 Å². The van der Waals surface area contributed by atoms with E-state index >= 15 is 0 Å². The van der Waals surface area contributed by atoms with Crippen LogP contribution in [-0.4, -0.2) is 22.3 Å². The first-order valence-corrected chi connectivity index (χ1v) is 5.22. The van der Waals surface area contributed by atoms with Crippen LogP contribution in [0.15, 0.2) is 60.7 Å². The maximum Gasteiger partial charge on any atom is 0.324 e. The van der Waals surface area contributed by atoms with E-state index in [0.29, 0.717) is 0 Å². The molecule has 0 unspecified atom stereocenters. The van der Waals surface area contributed by atoms with Crippen LogP contribution in [0.2, 0.25) is 0 Å². The lowest BCUT2D eigenvalue weighted by Gasteiger charge is -1.98. The molecule has 2 rings (SSSR count). The van der Waals surface area contributed by atoms with Crippen LogP contribution in [0.4, 0.5) is 0 Å². The molecule has 0 bridgehead atoms. The summed E-state index contributed by atoms with van der Waals surface area (Å²) in [5, 5.41) is 0. The molecule has 0 saturated heterocycles. The van der Waals surface area contributed by atoms with Crippen LogP contribution in [0.25, 0.3) is 11.1 Å². The van der Waals surface area contributed by atoms with Gasteiger partial charge in [0.2, 0.25) is 0 Å². The van der Waals surface area contributed by atoms with Gasteiger partial charge in [-0.05, 0) is 11.1 Å². The molecule has 0 fully saturated rings. The topological polar surface area (TPSA) is 37.3 Å². The van der Waals surface area contributed by atoms with Crippen molar-refractivity contribution in [1.29, 1.82) is 0 Å². The van der Waals surface area contributed by atoms with Gasteiger partial charge in [-0.2, -0.15) is 0 Å². The summed E-state index contributed by atoms with van der Waals surface area (Å²) in [5.74, 6) is 0. The molecule has 0 atom stereocenters. The summed E-state index contributed by atoms with van der Waals surface area (Å²) in [6.07, 6.45) is 0. The molecule has 4 heteroatoms. The summed E-state index contributed by atoms with van der Waals surface area (Å²) >= 11 is 0. The van der Waals surface area contributed by atoms with Gasteiger partial charge in [0.05, 0.1) is 0 Å². The standard InChI is InChI=1S/C12H10.Al.HO2P.3H/c1-3-7-11(8-4-1)12-9-5-2-6-10-12;;1-3-2;;;/h1-10H;;(H,1,2);;;. The zero-order valence-corrected chi connectivity index (χ0v) is 8.97. The van der Waals surface area contributed by atoms with Crippen LogP contribution < -0.4 is 0 Å². The fraction of sp³-hybridized carbons (Fsp3) is 0. The van der Waals surface area contributed by atoms with Crippen molar-refractivity contribution in [2.45, 2.75) is 0 Å². The maximum absolute atomic E-state index is 8.46. The first-order valence-electron chi connectivity index (χ1n) is 4.45. The Morgan fingerprint density at radius 2 is 1.00 bits per heavy atom. The third-order valence-corrected chi connectivity index (χ3v) is 1.88. The van der Waals surface area contributed by atoms with Gasteiger partial charge in [0.25, 0.3) is 0 Å². The molecule has 82 valence electrons. The van der Waals surface area contributed by atoms with Gasteiger partial charge in [-0.3, -0.25) is 0 Å². The molecule has 0 saturated carbocycles. The summed E-state index contributed by atoms with van der Waals surface area (Å²) in [7, 11) is -0.833. The maximum atomic E-state index is 8.46. The average molecular weight is 248 g/mol. The largest absolute Gasteiger partial charge is 0.324 e. The van der Waals surface area contributed by atoms with Crippen LogP contribution in [0.3, 0.4) is 0 Å². The zero-order chi connectivity index (χ0) is 10.9. The van der Waals surface area contributed by atoms with E-state index in [4.69, 9.17) is 9.46 Å². The van der Waals surface area contributed by atoms with Crippen molar-refractivity contribution in [3.63, 3.8) is 0 Å². The van der Waals surface area contributed by atoms with Gasteiger partial charge in [-0.25, -0.2) is 4.57 Å². The minimum absolute atomic E-state index is 0. The minimum atomic E-state index is -0.833. The van der Waals surface area contributed by atoms with Gasteiger partial charge in [0.1, 0.15) is 0 Å². The Morgan fingerprint density at radius 1 is 0.750 bits per heavy atom. The Labute approximate surface area is 107 Å². The Balaban J connectivity index is 0.000000511. The van der Waals surface area contributed by atoms with Crippen molar-refractivity contribution >= 4 is 26.0 Å². The molecular formula is C12H14AlO2P. The fourth-order valence-corrected chi connectivity index (χ4v) is 1.26. The Hall–Kier alpha value is -0.968. The summed E-state index contributed by atoms with van der Waals surface area (Å²) in [4.78, 5) is 6.99. The second kappa shape index (κ2) is 9.27. The SMILES string of the molecule is O=PO.[AlH3].c1ccc(-c2ccccc2)cc1. The normalized spacial score (nSPS) is 8.56. The van der Waals surface area contributed by atoms with Gasteiger partial charge < -0.3 is 4.89 Å². The lowest BCUT2D eigenvalue weighted by atomic mass is 10.1. The van der Waals surface area contributed by atoms with Crippen molar-refractivity contribution in [3.05, 3.63) is 60.7 Å². The van der Waals surface area contributed by atoms with Crippen LogP contribution in [0, 0.1) is 0 Å². The highest BCUT2D eigenvalue weighted by atomic mass is 31.1. The molecule has 0 aromatic heterocycles. The van der Waals surface area contributed by atoms with Crippen molar-refractivity contribution in [1.82, 2.24) is 0 Å². The highest BCUT2D eigenvalue weighted by molar-refractivity contribution is 7.16. The molecule has 0 heterocycles. The minimum Gasteiger partial charge on any atom is -0.310 e. The van der Waals surface area contributed by atoms with Crippen LogP contribution in [0.5, 0.6) is 0 Å². The quantitative estimate of drug-likeness (QED) is 0.621. The predicted octanol–water partition coefficient (Wildman–Crippen LogP) is 2.36. The van der Waals surface area contributed by atoms with E-state index in [1.54, 1.807) is 0 Å². The molecular weight excluding hydrogens is 234 g/mol. The third kappa shape index (κ3) is 5.21. The summed E-state index contributed by atoms with van der Waals surface area (Å²) in [6, 6.07) is 20.8. The monoisotopic (exact) mass is 248 g/mol. The molecule has 0 amide bonds. The molecule has 0 radical (unpaired) electrons. The molecule has 1 N–H and O–H groups in total. The molecule has 16 heavy (non-hydrogen) atoms. The van der Waals surface area contributed by atoms with Crippen molar-refractivity contribution in [2.75, 3.05) is 0 Å². The molecule has 2 aromatic rings. The van der Waals surface area contributed by atoms with Crippen molar-refractivity contribution in [3.8, 4) is 11.1 Å². The summed E-state index contributed by atoms with van der Waals surface area (Å²) in [5.41, 5.74) is 2.55. The number of hydrogen-bond donors (Lipinski definition) is 1. The number of rotatable bonds is 1. The van der Waals surface area contributed by atoms with E-state index in [1.165, 1.54) is 11.1 Å². The van der Waals surface area contributed by atoms with E-state index in [0.717, 1.165) is 0 Å². The van der Waals surface area contributed by atoms with E-state index in [-0.39, 0.29) is 17.4 Å². The Bertz CT molecular complexity index is 355. The smallest absolute Gasteiger partial charge is 0.310 e. The Morgan fingerprint density at radius 3 is 1.25 bits per heavy atom. The first-order chi connectivity index (χ1) is 7.38. The lowest BCUT2D eigenvalue weighted by molar-refractivity contribution is 0.524. The molecule has 0 aliphatic carbocycles. The van der Waals surface area contributed by atoms with Gasteiger partial charge in [-0.15, -0.1) is 0 Å². The number of hydrogen-bond acceptors (Lipinski definition) is 1. The zero-order valence-electron chi connectivity index (χ0n) is 8.08. The predicted molar refractivity (Wildman–Crippen MR) is 71.6 cm³/mol. The van der Waals surface area contributed by atoms with Crippen molar-refractivity contribution in [2.24, 2.45) is 0 Å². The van der Waals surface area contributed by atoms with Gasteiger partial charge >= 0.3 is 8.69 Å². The average Bonchev–Trinajstić information content (AvgIpc) is 2.32. The summed E-state index contributed by atoms with van der Waals surface area (Å²) < 4.78 is 8.46. The van der Waals surface area contributed by atoms with Crippen LogP contribution in [-0.2, 0) is 4.57 Å². The third-order valence-electron chi connectivity index (χ3n) is 1.88. The van der Waals surface area contributed by atoms with Crippen LogP contribution >= 0.6 is 8.69 Å². The van der Waals surface area contributed by atoms with E-state index in [1.807, 2.05) is 12.1 Å². The molecule has 2 aromatic carbocycles. The second-order valence-corrected chi connectivity index (χ2v) is 2.98. The molecule has 0 spiro atoms. The molecule has 2 nitrogen and oxygen atoms in total. The van der Waals surface area contributed by atoms with E-state index in [2.05, 4.69) is 48.5 Å². The molecule has 0 aliphatic rings. The van der Waals surface area contributed by atoms with E-state index in [9.17, 15) is 0 Å². The lowest BCUT2D eigenvalue weighted by Crippen LogP contribution is -1.73. The van der Waals surface area contributed by atoms with Gasteiger partial charge in [-0.1, -0.05) is 60.7 Å². The van der Waals surface area contributed by atoms with E-state index < -0.39 is 8.69 Å². The van der Waals surface area contributed by atoms with Crippen LogP contribution in [0.1, 0.15) is 0 Å². The summed E-state index contributed by atoms with van der Waals surface area (Å²) in [6.45, 7) is 0. The van der Waals surface area contributed by atoms with Gasteiger partial charge in [0.15, 0.2) is 17.4 Å². The van der Waals surface area contributed by atoms with Gasteiger partial charge in [0, 0.05) is 0 Å². The fourth-order valence-electron chi connectivity index (χ4n) is 1.26.